The summed E-state index contributed by atoms with van der Waals surface area (Å²) in [5.41, 5.74) is 2.38. The van der Waals surface area contributed by atoms with Gasteiger partial charge in [-0.05, 0) is 37.7 Å². The first-order chi connectivity index (χ1) is 12.3. The van der Waals surface area contributed by atoms with Crippen molar-refractivity contribution in [2.24, 2.45) is 5.92 Å². The topological polar surface area (TPSA) is 50.6 Å². The Bertz CT molecular complexity index is 588. The number of fused-ring (bicyclic) bond motifs is 1. The number of likely N-dealkylation sites (tertiary alicyclic amines) is 1. The van der Waals surface area contributed by atoms with Crippen LogP contribution >= 0.6 is 0 Å². The van der Waals surface area contributed by atoms with Crippen LogP contribution in [0.3, 0.4) is 0 Å². The second-order valence-corrected chi connectivity index (χ2v) is 7.76. The Morgan fingerprint density at radius 1 is 1.20 bits per heavy atom. The smallest absolute Gasteiger partial charge is 0.222 e. The van der Waals surface area contributed by atoms with E-state index < -0.39 is 0 Å². The molecule has 0 saturated carbocycles. The molecule has 0 aliphatic carbocycles. The van der Waals surface area contributed by atoms with Crippen molar-refractivity contribution in [3.63, 3.8) is 0 Å². The second kappa shape index (κ2) is 7.87. The fourth-order valence-electron chi connectivity index (χ4n) is 4.32. The van der Waals surface area contributed by atoms with Gasteiger partial charge in [0.15, 0.2) is 0 Å². The first-order valence-electron chi connectivity index (χ1n) is 9.91. The summed E-state index contributed by atoms with van der Waals surface area (Å²) in [6.45, 7) is 7.97. The lowest BCUT2D eigenvalue weighted by Gasteiger charge is -2.22. The third-order valence-corrected chi connectivity index (χ3v) is 5.74. The van der Waals surface area contributed by atoms with Gasteiger partial charge in [0.25, 0.3) is 0 Å². The zero-order chi connectivity index (χ0) is 17.1. The van der Waals surface area contributed by atoms with Gasteiger partial charge in [0, 0.05) is 58.7 Å². The molecule has 1 atom stereocenters. The Balaban J connectivity index is 1.33. The summed E-state index contributed by atoms with van der Waals surface area (Å²) >= 11 is 0. The van der Waals surface area contributed by atoms with E-state index in [1.807, 2.05) is 4.90 Å². The Morgan fingerprint density at radius 2 is 2.08 bits per heavy atom. The molecule has 138 valence electrons. The number of hydrogen-bond acceptors (Lipinski definition) is 4. The molecule has 0 N–H and O–H groups in total. The van der Waals surface area contributed by atoms with E-state index in [0.29, 0.717) is 18.2 Å². The third kappa shape index (κ3) is 4.23. The van der Waals surface area contributed by atoms with Gasteiger partial charge < -0.3 is 9.64 Å². The van der Waals surface area contributed by atoms with Crippen molar-refractivity contribution < 1.29 is 9.53 Å². The fourth-order valence-corrected chi connectivity index (χ4v) is 4.32. The minimum Gasteiger partial charge on any atom is -0.381 e. The van der Waals surface area contributed by atoms with Gasteiger partial charge in [-0.3, -0.25) is 14.4 Å². The molecule has 3 aliphatic heterocycles. The number of nitrogens with zero attached hydrogens (tertiary/aromatic N) is 4. The van der Waals surface area contributed by atoms with Gasteiger partial charge in [-0.25, -0.2) is 0 Å². The number of aryl methyl sites for hydroxylation is 2. The highest BCUT2D eigenvalue weighted by Gasteiger charge is 2.23. The molecule has 6 heteroatoms. The van der Waals surface area contributed by atoms with Crippen LogP contribution in [0.2, 0.25) is 0 Å². The van der Waals surface area contributed by atoms with Crippen LogP contribution in [-0.4, -0.2) is 64.9 Å². The molecule has 0 bridgehead atoms. The van der Waals surface area contributed by atoms with Gasteiger partial charge in [0.2, 0.25) is 5.91 Å². The van der Waals surface area contributed by atoms with Gasteiger partial charge in [-0.2, -0.15) is 5.10 Å². The summed E-state index contributed by atoms with van der Waals surface area (Å²) < 4.78 is 7.69. The first kappa shape index (κ1) is 17.0. The fraction of sp³-hybridized carbons (Fsp3) is 0.789. The largest absolute Gasteiger partial charge is 0.381 e. The number of aromatic nitrogens is 2. The molecule has 0 unspecified atom stereocenters. The maximum absolute atomic E-state index is 12.2. The van der Waals surface area contributed by atoms with Gasteiger partial charge in [0.1, 0.15) is 0 Å². The lowest BCUT2D eigenvalue weighted by Crippen LogP contribution is -2.29. The second-order valence-electron chi connectivity index (χ2n) is 7.76. The van der Waals surface area contributed by atoms with Crippen molar-refractivity contribution >= 4 is 5.91 Å². The van der Waals surface area contributed by atoms with Crippen molar-refractivity contribution in [3.05, 3.63) is 17.5 Å². The molecule has 3 aliphatic rings. The van der Waals surface area contributed by atoms with Crippen LogP contribution in [-0.2, 0) is 29.0 Å². The maximum atomic E-state index is 12.2. The summed E-state index contributed by atoms with van der Waals surface area (Å²) in [5, 5.41) is 4.77. The normalized spacial score (nSPS) is 24.5. The van der Waals surface area contributed by atoms with E-state index in [9.17, 15) is 4.79 Å². The molecule has 0 radical (unpaired) electrons. The predicted molar refractivity (Wildman–Crippen MR) is 95.2 cm³/mol. The highest BCUT2D eigenvalue weighted by atomic mass is 16.5. The van der Waals surface area contributed by atoms with Crippen molar-refractivity contribution in [1.29, 1.82) is 0 Å². The number of ether oxygens (including phenoxy) is 1. The van der Waals surface area contributed by atoms with Gasteiger partial charge in [0.05, 0.1) is 18.0 Å². The van der Waals surface area contributed by atoms with E-state index in [2.05, 4.69) is 15.6 Å². The minimum atomic E-state index is 0.295. The molecular formula is C19H30N4O2. The van der Waals surface area contributed by atoms with Crippen LogP contribution in [0.25, 0.3) is 0 Å². The number of carbonyl (C=O) groups excluding carboxylic acids is 1. The molecule has 4 rings (SSSR count). The number of rotatable bonds is 5. The molecule has 0 aromatic carbocycles. The molecule has 0 spiro atoms. The molecule has 1 amide bonds. The molecule has 1 aromatic heterocycles. The number of amides is 1. The summed E-state index contributed by atoms with van der Waals surface area (Å²) in [5.74, 6) is 0.982. The highest BCUT2D eigenvalue weighted by molar-refractivity contribution is 5.76. The molecular weight excluding hydrogens is 316 g/mol. The molecule has 2 saturated heterocycles. The van der Waals surface area contributed by atoms with Gasteiger partial charge in [-0.1, -0.05) is 0 Å². The summed E-state index contributed by atoms with van der Waals surface area (Å²) in [6, 6.07) is 2.22. The summed E-state index contributed by atoms with van der Waals surface area (Å²) in [7, 11) is 0. The van der Waals surface area contributed by atoms with Crippen LogP contribution in [0.4, 0.5) is 0 Å². The standard InChI is InChI=1S/C19H30N4O2/c24-19(22-8-1-2-9-22)5-4-17-12-18-14-21(7-3-10-23(18)20-17)13-16-6-11-25-15-16/h12,16H,1-11,13-15H2/t16-/m0/s1. The molecule has 1 aromatic rings. The zero-order valence-corrected chi connectivity index (χ0v) is 15.2. The van der Waals surface area contributed by atoms with E-state index in [1.54, 1.807) is 0 Å². The Hall–Kier alpha value is -1.40. The Kier molecular flexibility index (Phi) is 5.36. The van der Waals surface area contributed by atoms with Crippen molar-refractivity contribution in [3.8, 4) is 0 Å². The maximum Gasteiger partial charge on any atom is 0.222 e. The Labute approximate surface area is 150 Å². The third-order valence-electron chi connectivity index (χ3n) is 5.74. The number of carbonyl (C=O) groups is 1. The van der Waals surface area contributed by atoms with E-state index in [1.165, 1.54) is 12.1 Å². The highest BCUT2D eigenvalue weighted by Crippen LogP contribution is 2.19. The molecule has 4 heterocycles. The van der Waals surface area contributed by atoms with Gasteiger partial charge >= 0.3 is 0 Å². The van der Waals surface area contributed by atoms with E-state index in [4.69, 9.17) is 9.84 Å². The monoisotopic (exact) mass is 346 g/mol. The van der Waals surface area contributed by atoms with Crippen molar-refractivity contribution in [1.82, 2.24) is 19.6 Å². The molecule has 6 nitrogen and oxygen atoms in total. The first-order valence-corrected chi connectivity index (χ1v) is 9.91. The lowest BCUT2D eigenvalue weighted by molar-refractivity contribution is -0.130. The minimum absolute atomic E-state index is 0.295. The zero-order valence-electron chi connectivity index (χ0n) is 15.2. The van der Waals surface area contributed by atoms with E-state index in [0.717, 1.165) is 83.9 Å². The van der Waals surface area contributed by atoms with Crippen molar-refractivity contribution in [2.75, 3.05) is 39.4 Å². The Morgan fingerprint density at radius 3 is 2.88 bits per heavy atom. The summed E-state index contributed by atoms with van der Waals surface area (Å²) in [6.07, 6.45) is 6.03. The van der Waals surface area contributed by atoms with Gasteiger partial charge in [-0.15, -0.1) is 0 Å². The van der Waals surface area contributed by atoms with Crippen LogP contribution in [0.5, 0.6) is 0 Å². The molecule has 25 heavy (non-hydrogen) atoms. The van der Waals surface area contributed by atoms with E-state index >= 15 is 0 Å². The van der Waals surface area contributed by atoms with Crippen molar-refractivity contribution in [2.45, 2.75) is 51.6 Å². The van der Waals surface area contributed by atoms with Crippen LogP contribution in [0.15, 0.2) is 6.07 Å². The average Bonchev–Trinajstić information content (AvgIpc) is 3.34. The van der Waals surface area contributed by atoms with E-state index in [-0.39, 0.29) is 0 Å². The quantitative estimate of drug-likeness (QED) is 0.814. The van der Waals surface area contributed by atoms with Crippen LogP contribution < -0.4 is 0 Å². The average molecular weight is 346 g/mol. The van der Waals surface area contributed by atoms with Crippen LogP contribution in [0.1, 0.15) is 43.5 Å². The summed E-state index contributed by atoms with van der Waals surface area (Å²) in [4.78, 5) is 16.8. The van der Waals surface area contributed by atoms with Crippen LogP contribution in [0, 0.1) is 5.92 Å². The molecule has 2 fully saturated rings. The SMILES string of the molecule is O=C(CCc1cc2n(n1)CCCN(C[C@@H]1CCOC1)C2)N1CCCC1. The lowest BCUT2D eigenvalue weighted by atomic mass is 10.1. The predicted octanol–water partition coefficient (Wildman–Crippen LogP) is 1.68. The number of hydrogen-bond donors (Lipinski definition) is 0.